The summed E-state index contributed by atoms with van der Waals surface area (Å²) in [5.41, 5.74) is 0. The maximum Gasteiger partial charge on any atom is 0.303 e. The summed E-state index contributed by atoms with van der Waals surface area (Å²) in [6.07, 6.45) is -0.593. The molecule has 0 fully saturated rings. The Hall–Kier alpha value is -0.541. The van der Waals surface area contributed by atoms with E-state index in [0.29, 0.717) is 0 Å². The Morgan fingerprint density at radius 2 is 1.22 bits per heavy atom. The molecule has 9 heavy (non-hydrogen) atoms. The second-order valence-corrected chi connectivity index (χ2v) is 1.29. The molecule has 0 amide bonds. The van der Waals surface area contributed by atoms with Crippen LogP contribution in [-0.4, -0.2) is 39.2 Å². The molecule has 0 aliphatic heterocycles. The van der Waals surface area contributed by atoms with Crippen LogP contribution in [0, 0.1) is 0 Å². The fourth-order valence-electron chi connectivity index (χ4n) is 0.214. The van der Waals surface area contributed by atoms with Gasteiger partial charge in [0.15, 0.2) is 0 Å². The second kappa shape index (κ2) is 5.59. The average Bonchev–Trinajstić information content (AvgIpc) is 1.61. The van der Waals surface area contributed by atoms with Crippen LogP contribution < -0.4 is 0 Å². The topological polar surface area (TPSA) is 74.6 Å². The maximum absolute atomic E-state index is 9.64. The SMILES string of the molecule is O=C(O)CCC(=O)O.[Se]. The molecule has 0 aromatic heterocycles. The van der Waals surface area contributed by atoms with Crippen LogP contribution in [0.15, 0.2) is 0 Å². The predicted molar refractivity (Wildman–Crippen MR) is 30.3 cm³/mol. The Morgan fingerprint density at radius 1 is 1.00 bits per heavy atom. The molecule has 2 N–H and O–H groups in total. The minimum Gasteiger partial charge on any atom is -0.481 e. The van der Waals surface area contributed by atoms with E-state index in [2.05, 4.69) is 0 Å². The molecule has 0 aliphatic carbocycles. The predicted octanol–water partition coefficient (Wildman–Crippen LogP) is -0.445. The Kier molecular flexibility index (Phi) is 7.01. The Bertz CT molecular complexity index is 97.1. The van der Waals surface area contributed by atoms with E-state index >= 15 is 0 Å². The first-order valence-electron chi connectivity index (χ1n) is 2.06. The number of aliphatic carboxylic acids is 2. The summed E-state index contributed by atoms with van der Waals surface area (Å²) in [5.74, 6) is -2.15. The van der Waals surface area contributed by atoms with E-state index < -0.39 is 11.9 Å². The molecule has 0 bridgehead atoms. The first kappa shape index (κ1) is 11.3. The number of hydrogen-bond acceptors (Lipinski definition) is 2. The summed E-state index contributed by atoms with van der Waals surface area (Å²) < 4.78 is 0. The zero-order valence-electron chi connectivity index (χ0n) is 4.53. The summed E-state index contributed by atoms with van der Waals surface area (Å²) in [7, 11) is 0. The van der Waals surface area contributed by atoms with E-state index in [9.17, 15) is 9.59 Å². The van der Waals surface area contributed by atoms with Crippen molar-refractivity contribution >= 4 is 29.0 Å². The molecule has 0 spiro atoms. The monoisotopic (exact) mass is 198 g/mol. The molecule has 0 heterocycles. The van der Waals surface area contributed by atoms with Crippen molar-refractivity contribution in [2.45, 2.75) is 12.8 Å². The third-order valence-electron chi connectivity index (χ3n) is 0.553. The minimum atomic E-state index is -1.08. The van der Waals surface area contributed by atoms with Crippen molar-refractivity contribution in [2.75, 3.05) is 0 Å². The van der Waals surface area contributed by atoms with Gasteiger partial charge in [-0.1, -0.05) is 0 Å². The third-order valence-corrected chi connectivity index (χ3v) is 0.553. The molecule has 0 unspecified atom stereocenters. The fraction of sp³-hybridized carbons (Fsp3) is 0.500. The maximum atomic E-state index is 9.64. The molecule has 0 saturated heterocycles. The van der Waals surface area contributed by atoms with Gasteiger partial charge in [-0.2, -0.15) is 0 Å². The summed E-state index contributed by atoms with van der Waals surface area (Å²) >= 11 is 0. The average molecular weight is 197 g/mol. The van der Waals surface area contributed by atoms with Crippen molar-refractivity contribution in [2.24, 2.45) is 0 Å². The first-order chi connectivity index (χ1) is 3.63. The van der Waals surface area contributed by atoms with Crippen LogP contribution in [0.3, 0.4) is 0 Å². The van der Waals surface area contributed by atoms with Gasteiger partial charge in [-0.25, -0.2) is 0 Å². The summed E-state index contributed by atoms with van der Waals surface area (Å²) in [6.45, 7) is 0. The van der Waals surface area contributed by atoms with Crippen LogP contribution in [0.2, 0.25) is 0 Å². The molecule has 5 heteroatoms. The van der Waals surface area contributed by atoms with Crippen LogP contribution in [-0.2, 0) is 9.59 Å². The molecule has 0 atom stereocenters. The van der Waals surface area contributed by atoms with Crippen molar-refractivity contribution in [1.82, 2.24) is 0 Å². The Balaban J connectivity index is 0. The molecule has 0 saturated carbocycles. The molecule has 52 valence electrons. The van der Waals surface area contributed by atoms with Gasteiger partial charge in [0.05, 0.1) is 12.8 Å². The van der Waals surface area contributed by atoms with E-state index in [-0.39, 0.29) is 29.9 Å². The Morgan fingerprint density at radius 3 is 1.33 bits per heavy atom. The van der Waals surface area contributed by atoms with E-state index in [0.717, 1.165) is 0 Å². The van der Waals surface area contributed by atoms with E-state index in [1.807, 2.05) is 0 Å². The smallest absolute Gasteiger partial charge is 0.303 e. The van der Waals surface area contributed by atoms with Gasteiger partial charge in [0.25, 0.3) is 0 Å². The van der Waals surface area contributed by atoms with Crippen LogP contribution in [0.25, 0.3) is 0 Å². The van der Waals surface area contributed by atoms with Gasteiger partial charge in [0.1, 0.15) is 0 Å². The van der Waals surface area contributed by atoms with E-state index in [4.69, 9.17) is 10.2 Å². The number of carbonyl (C=O) groups is 2. The van der Waals surface area contributed by atoms with Crippen LogP contribution in [0.5, 0.6) is 0 Å². The summed E-state index contributed by atoms with van der Waals surface area (Å²) in [5, 5.41) is 15.8. The van der Waals surface area contributed by atoms with Crippen molar-refractivity contribution in [1.29, 1.82) is 0 Å². The number of carboxylic acid groups (broad SMARTS) is 2. The summed E-state index contributed by atoms with van der Waals surface area (Å²) in [4.78, 5) is 19.3. The quantitative estimate of drug-likeness (QED) is 0.601. The normalized spacial score (nSPS) is 7.56. The molecule has 2 radical (unpaired) electrons. The molecule has 0 aromatic carbocycles. The summed E-state index contributed by atoms with van der Waals surface area (Å²) in [6, 6.07) is 0. The first-order valence-corrected chi connectivity index (χ1v) is 2.06. The van der Waals surface area contributed by atoms with Crippen LogP contribution in [0.1, 0.15) is 12.8 Å². The van der Waals surface area contributed by atoms with Crippen molar-refractivity contribution in [3.63, 3.8) is 0 Å². The zero-order valence-corrected chi connectivity index (χ0v) is 6.25. The van der Waals surface area contributed by atoms with E-state index in [1.54, 1.807) is 0 Å². The van der Waals surface area contributed by atoms with Gasteiger partial charge in [0.2, 0.25) is 0 Å². The molecule has 0 aromatic rings. The zero-order chi connectivity index (χ0) is 6.57. The molecule has 4 nitrogen and oxygen atoms in total. The minimum absolute atomic E-state index is 0. The molecular weight excluding hydrogens is 191 g/mol. The van der Waals surface area contributed by atoms with Gasteiger partial charge in [-0.05, 0) is 0 Å². The van der Waals surface area contributed by atoms with Gasteiger partial charge >= 0.3 is 11.9 Å². The standard InChI is InChI=1S/C4H6O4.Se/c5-3(6)1-2-4(7)8;/h1-2H2,(H,5,6)(H,7,8);. The fourth-order valence-corrected chi connectivity index (χ4v) is 0.214. The van der Waals surface area contributed by atoms with Crippen LogP contribution >= 0.6 is 0 Å². The molecular formula is C4H6O4Se. The van der Waals surface area contributed by atoms with Crippen LogP contribution in [0.4, 0.5) is 0 Å². The van der Waals surface area contributed by atoms with E-state index in [1.165, 1.54) is 0 Å². The van der Waals surface area contributed by atoms with Crippen molar-refractivity contribution < 1.29 is 19.8 Å². The number of hydrogen-bond donors (Lipinski definition) is 2. The number of carboxylic acids is 2. The van der Waals surface area contributed by atoms with Gasteiger partial charge < -0.3 is 10.2 Å². The van der Waals surface area contributed by atoms with Gasteiger partial charge in [-0.3, -0.25) is 9.59 Å². The van der Waals surface area contributed by atoms with Crippen molar-refractivity contribution in [3.05, 3.63) is 0 Å². The van der Waals surface area contributed by atoms with Gasteiger partial charge in [-0.15, -0.1) is 0 Å². The van der Waals surface area contributed by atoms with Crippen molar-refractivity contribution in [3.8, 4) is 0 Å². The Labute approximate surface area is 62.3 Å². The second-order valence-electron chi connectivity index (χ2n) is 1.29. The third kappa shape index (κ3) is 11.2. The number of rotatable bonds is 3. The largest absolute Gasteiger partial charge is 0.481 e. The molecule has 0 aliphatic rings. The molecule has 0 rings (SSSR count). The van der Waals surface area contributed by atoms with Gasteiger partial charge in [0, 0.05) is 17.1 Å².